The minimum Gasteiger partial charge on any atom is -0.361 e. The molecule has 0 saturated heterocycles. The lowest BCUT2D eigenvalue weighted by atomic mass is 9.79. The maximum absolute atomic E-state index is 3.42. The van der Waals surface area contributed by atoms with Gasteiger partial charge in [-0.15, -0.1) is 0 Å². The molecule has 1 aliphatic rings. The Morgan fingerprint density at radius 1 is 0.895 bits per heavy atom. The topological polar surface area (TPSA) is 15.8 Å². The second-order valence-electron chi connectivity index (χ2n) is 5.43. The third-order valence-electron chi connectivity index (χ3n) is 4.37. The van der Waals surface area contributed by atoms with Gasteiger partial charge in [0.25, 0.3) is 0 Å². The van der Waals surface area contributed by atoms with Gasteiger partial charge >= 0.3 is 0 Å². The van der Waals surface area contributed by atoms with Gasteiger partial charge in [0.05, 0.1) is 0 Å². The molecule has 4 rings (SSSR count). The molecule has 1 heterocycles. The van der Waals surface area contributed by atoms with Crippen molar-refractivity contribution in [2.24, 2.45) is 0 Å². The highest BCUT2D eigenvalue weighted by Gasteiger charge is 2.23. The van der Waals surface area contributed by atoms with Gasteiger partial charge < -0.3 is 4.98 Å². The molecule has 1 aromatic heterocycles. The lowest BCUT2D eigenvalue weighted by Gasteiger charge is -2.25. The lowest BCUT2D eigenvalue weighted by molar-refractivity contribution is 0.619. The Labute approximate surface area is 113 Å². The van der Waals surface area contributed by atoms with E-state index in [2.05, 4.69) is 59.7 Å². The maximum Gasteiger partial charge on any atom is 0.0457 e. The summed E-state index contributed by atoms with van der Waals surface area (Å²) in [5.41, 5.74) is 5.77. The Kier molecular flexibility index (Phi) is 2.44. The summed E-state index contributed by atoms with van der Waals surface area (Å²) >= 11 is 0. The van der Waals surface area contributed by atoms with Crippen LogP contribution in [0.5, 0.6) is 0 Å². The molecule has 0 radical (unpaired) electrons. The number of aromatic amines is 1. The van der Waals surface area contributed by atoms with Gasteiger partial charge in [-0.05, 0) is 42.0 Å². The predicted octanol–water partition coefficient (Wildman–Crippen LogP) is 4.64. The highest BCUT2D eigenvalue weighted by Crippen LogP contribution is 2.39. The Bertz CT molecular complexity index is 723. The zero-order chi connectivity index (χ0) is 12.7. The Morgan fingerprint density at radius 3 is 2.74 bits per heavy atom. The van der Waals surface area contributed by atoms with Crippen LogP contribution in [0.3, 0.4) is 0 Å². The molecule has 1 nitrogen and oxygen atoms in total. The molecule has 94 valence electrons. The second-order valence-corrected chi connectivity index (χ2v) is 5.43. The first-order valence-corrected chi connectivity index (χ1v) is 7.07. The van der Waals surface area contributed by atoms with Crippen molar-refractivity contribution in [3.05, 3.63) is 71.4 Å². The summed E-state index contributed by atoms with van der Waals surface area (Å²) in [6.45, 7) is 0. The van der Waals surface area contributed by atoms with E-state index in [0.717, 1.165) is 0 Å². The summed E-state index contributed by atoms with van der Waals surface area (Å²) in [6.07, 6.45) is 5.99. The van der Waals surface area contributed by atoms with Crippen LogP contribution in [0.25, 0.3) is 10.9 Å². The number of hydrogen-bond donors (Lipinski definition) is 1. The molecule has 0 aliphatic heterocycles. The fourth-order valence-electron chi connectivity index (χ4n) is 3.46. The van der Waals surface area contributed by atoms with Crippen LogP contribution in [-0.4, -0.2) is 4.98 Å². The van der Waals surface area contributed by atoms with Crippen molar-refractivity contribution < 1.29 is 0 Å². The minimum atomic E-state index is 0.557. The first-order valence-electron chi connectivity index (χ1n) is 7.07. The molecule has 1 aliphatic carbocycles. The summed E-state index contributed by atoms with van der Waals surface area (Å²) < 4.78 is 0. The molecule has 1 N–H and O–H groups in total. The van der Waals surface area contributed by atoms with Gasteiger partial charge in [0.15, 0.2) is 0 Å². The summed E-state index contributed by atoms with van der Waals surface area (Å²) in [7, 11) is 0. The number of aryl methyl sites for hydroxylation is 1. The van der Waals surface area contributed by atoms with Crippen LogP contribution in [-0.2, 0) is 6.42 Å². The molecule has 19 heavy (non-hydrogen) atoms. The van der Waals surface area contributed by atoms with E-state index in [4.69, 9.17) is 0 Å². The minimum absolute atomic E-state index is 0.557. The van der Waals surface area contributed by atoms with Gasteiger partial charge in [-0.2, -0.15) is 0 Å². The molecule has 0 bridgehead atoms. The Balaban J connectivity index is 1.90. The molecule has 0 amide bonds. The van der Waals surface area contributed by atoms with Gasteiger partial charge in [-0.25, -0.2) is 0 Å². The molecular weight excluding hydrogens is 230 g/mol. The number of fused-ring (bicyclic) bond motifs is 2. The number of hydrogen-bond acceptors (Lipinski definition) is 0. The molecule has 3 aromatic rings. The lowest BCUT2D eigenvalue weighted by Crippen LogP contribution is -2.10. The summed E-state index contributed by atoms with van der Waals surface area (Å²) in [5, 5.41) is 1.38. The fourth-order valence-corrected chi connectivity index (χ4v) is 3.46. The average molecular weight is 247 g/mol. The van der Waals surface area contributed by atoms with E-state index in [1.807, 2.05) is 0 Å². The third-order valence-corrected chi connectivity index (χ3v) is 4.37. The SMILES string of the molecule is c1ccc2c(c1)CCCC2c1c[nH]c2ccccc12. The van der Waals surface area contributed by atoms with Crippen LogP contribution in [0, 0.1) is 0 Å². The standard InChI is InChI=1S/C18H17N/c1-2-8-14-13(6-1)7-5-10-15(14)17-12-19-18-11-4-3-9-16(17)18/h1-4,6,8-9,11-12,15,19H,5,7,10H2. The van der Waals surface area contributed by atoms with Crippen LogP contribution in [0.15, 0.2) is 54.7 Å². The zero-order valence-electron chi connectivity index (χ0n) is 10.9. The first-order chi connectivity index (χ1) is 9.43. The van der Waals surface area contributed by atoms with Crippen LogP contribution >= 0.6 is 0 Å². The number of benzene rings is 2. The summed E-state index contributed by atoms with van der Waals surface area (Å²) in [4.78, 5) is 3.42. The van der Waals surface area contributed by atoms with Crippen LogP contribution in [0.4, 0.5) is 0 Å². The van der Waals surface area contributed by atoms with Crippen molar-refractivity contribution in [3.8, 4) is 0 Å². The summed E-state index contributed by atoms with van der Waals surface area (Å²) in [6, 6.07) is 17.6. The van der Waals surface area contributed by atoms with Crippen molar-refractivity contribution in [2.75, 3.05) is 0 Å². The van der Waals surface area contributed by atoms with E-state index in [-0.39, 0.29) is 0 Å². The zero-order valence-corrected chi connectivity index (χ0v) is 10.9. The number of nitrogens with one attached hydrogen (secondary N) is 1. The predicted molar refractivity (Wildman–Crippen MR) is 79.5 cm³/mol. The van der Waals surface area contributed by atoms with E-state index < -0.39 is 0 Å². The van der Waals surface area contributed by atoms with Gasteiger partial charge in [-0.3, -0.25) is 0 Å². The first kappa shape index (κ1) is 10.9. The van der Waals surface area contributed by atoms with E-state index in [9.17, 15) is 0 Å². The number of H-pyrrole nitrogens is 1. The van der Waals surface area contributed by atoms with Crippen molar-refractivity contribution in [2.45, 2.75) is 25.2 Å². The van der Waals surface area contributed by atoms with Crippen LogP contribution < -0.4 is 0 Å². The van der Waals surface area contributed by atoms with Crippen molar-refractivity contribution in [1.82, 2.24) is 4.98 Å². The average Bonchev–Trinajstić information content (AvgIpc) is 2.90. The quantitative estimate of drug-likeness (QED) is 0.645. The molecule has 0 fully saturated rings. The number of aromatic nitrogens is 1. The molecule has 1 atom stereocenters. The van der Waals surface area contributed by atoms with E-state index in [1.165, 1.54) is 46.9 Å². The van der Waals surface area contributed by atoms with Crippen LogP contribution in [0.2, 0.25) is 0 Å². The van der Waals surface area contributed by atoms with Crippen molar-refractivity contribution in [1.29, 1.82) is 0 Å². The summed E-state index contributed by atoms with van der Waals surface area (Å²) in [5.74, 6) is 0.557. The highest BCUT2D eigenvalue weighted by molar-refractivity contribution is 5.84. The number of rotatable bonds is 1. The maximum atomic E-state index is 3.42. The molecule has 2 aromatic carbocycles. The molecule has 1 heteroatoms. The van der Waals surface area contributed by atoms with E-state index >= 15 is 0 Å². The van der Waals surface area contributed by atoms with Gasteiger partial charge in [-0.1, -0.05) is 42.5 Å². The van der Waals surface area contributed by atoms with Gasteiger partial charge in [0, 0.05) is 23.0 Å². The van der Waals surface area contributed by atoms with Gasteiger partial charge in [0.1, 0.15) is 0 Å². The highest BCUT2D eigenvalue weighted by atomic mass is 14.7. The normalized spacial score (nSPS) is 18.4. The molecular formula is C18H17N. The van der Waals surface area contributed by atoms with Gasteiger partial charge in [0.2, 0.25) is 0 Å². The largest absolute Gasteiger partial charge is 0.361 e. The molecule has 0 spiro atoms. The van der Waals surface area contributed by atoms with E-state index in [0.29, 0.717) is 5.92 Å². The molecule has 1 unspecified atom stereocenters. The molecule has 0 saturated carbocycles. The van der Waals surface area contributed by atoms with Crippen molar-refractivity contribution >= 4 is 10.9 Å². The third kappa shape index (κ3) is 1.69. The fraction of sp³-hybridized carbons (Fsp3) is 0.222. The Hall–Kier alpha value is -2.02. The number of para-hydroxylation sites is 1. The van der Waals surface area contributed by atoms with Crippen LogP contribution in [0.1, 0.15) is 35.4 Å². The smallest absolute Gasteiger partial charge is 0.0457 e. The Morgan fingerprint density at radius 2 is 1.74 bits per heavy atom. The van der Waals surface area contributed by atoms with Crippen molar-refractivity contribution in [3.63, 3.8) is 0 Å². The van der Waals surface area contributed by atoms with E-state index in [1.54, 1.807) is 0 Å². The monoisotopic (exact) mass is 247 g/mol. The second kappa shape index (κ2) is 4.27.